The number of thiazole rings is 1. The Labute approximate surface area is 145 Å². The Hall–Kier alpha value is -1.97. The Morgan fingerprint density at radius 2 is 2.29 bits per heavy atom. The number of anilines is 1. The summed E-state index contributed by atoms with van der Waals surface area (Å²) in [4.78, 5) is 21.8. The molecule has 0 radical (unpaired) electrons. The van der Waals surface area contributed by atoms with Crippen LogP contribution in [-0.2, 0) is 15.9 Å². The summed E-state index contributed by atoms with van der Waals surface area (Å²) in [6.07, 6.45) is 4.05. The second kappa shape index (κ2) is 7.73. The van der Waals surface area contributed by atoms with Gasteiger partial charge >= 0.3 is 0 Å². The summed E-state index contributed by atoms with van der Waals surface area (Å²) < 4.78 is 34.9. The molecular weight excluding hydrogens is 353 g/mol. The third-order valence-electron chi connectivity index (χ3n) is 3.22. The molecule has 0 aliphatic heterocycles. The smallest absolute Gasteiger partial charge is 0.231 e. The van der Waals surface area contributed by atoms with Gasteiger partial charge in [-0.25, -0.2) is 9.37 Å². The molecule has 0 aliphatic rings. The van der Waals surface area contributed by atoms with Gasteiger partial charge in [0, 0.05) is 30.5 Å². The third kappa shape index (κ3) is 4.11. The average molecular weight is 368 g/mol. The molecule has 2 aromatic rings. The Balaban J connectivity index is 2.34. The first-order valence-electron chi connectivity index (χ1n) is 6.91. The van der Waals surface area contributed by atoms with Crippen LogP contribution in [-0.4, -0.2) is 37.4 Å². The molecule has 0 saturated heterocycles. The minimum Gasteiger partial charge on any atom is -0.772 e. The van der Waals surface area contributed by atoms with Crippen LogP contribution in [0.4, 0.5) is 9.39 Å². The average Bonchev–Trinajstić information content (AvgIpc) is 2.97. The first kappa shape index (κ1) is 18.4. The number of hydrogen-bond acceptors (Lipinski definition) is 6. The maximum Gasteiger partial charge on any atom is 0.231 e. The van der Waals surface area contributed by atoms with Crippen LogP contribution >= 0.6 is 11.3 Å². The Morgan fingerprint density at radius 1 is 1.58 bits per heavy atom. The molecule has 2 aromatic heterocycles. The normalized spacial score (nSPS) is 13.3. The number of amides is 1. The summed E-state index contributed by atoms with van der Waals surface area (Å²) in [5.74, 6) is -1.78. The molecule has 2 unspecified atom stereocenters. The Morgan fingerprint density at radius 3 is 2.88 bits per heavy atom. The van der Waals surface area contributed by atoms with E-state index in [1.807, 2.05) is 0 Å². The number of carbonyl (C=O) groups excluding carboxylic acids is 1. The first-order chi connectivity index (χ1) is 11.3. The number of rotatable bonds is 6. The van der Waals surface area contributed by atoms with Crippen LogP contribution in [0.3, 0.4) is 0 Å². The zero-order valence-corrected chi connectivity index (χ0v) is 14.7. The van der Waals surface area contributed by atoms with E-state index in [0.29, 0.717) is 21.3 Å². The van der Waals surface area contributed by atoms with Gasteiger partial charge in [-0.15, -0.1) is 0 Å². The van der Waals surface area contributed by atoms with Crippen LogP contribution in [0.25, 0.3) is 16.6 Å². The second-order valence-corrected chi connectivity index (χ2v) is 6.99. The lowest BCUT2D eigenvalue weighted by molar-refractivity contribution is -0.121. The molecule has 0 aromatic carbocycles. The summed E-state index contributed by atoms with van der Waals surface area (Å²) in [6, 6.07) is 1.30. The predicted octanol–water partition coefficient (Wildman–Crippen LogP) is 2.47. The quantitative estimate of drug-likeness (QED) is 0.731. The van der Waals surface area contributed by atoms with Crippen molar-refractivity contribution in [2.24, 2.45) is 5.92 Å². The summed E-state index contributed by atoms with van der Waals surface area (Å²) >= 11 is -1.12. The van der Waals surface area contributed by atoms with Crippen molar-refractivity contribution >= 4 is 39.4 Å². The van der Waals surface area contributed by atoms with Crippen molar-refractivity contribution in [2.75, 3.05) is 17.7 Å². The van der Waals surface area contributed by atoms with Gasteiger partial charge in [-0.2, -0.15) is 0 Å². The summed E-state index contributed by atoms with van der Waals surface area (Å²) in [6.45, 7) is 5.21. The van der Waals surface area contributed by atoms with Crippen LogP contribution in [0.1, 0.15) is 12.6 Å². The van der Waals surface area contributed by atoms with E-state index in [9.17, 15) is 17.9 Å². The van der Waals surface area contributed by atoms with Gasteiger partial charge in [0.2, 0.25) is 5.91 Å². The van der Waals surface area contributed by atoms with Gasteiger partial charge in [0.25, 0.3) is 0 Å². The summed E-state index contributed by atoms with van der Waals surface area (Å²) in [5, 5.41) is 1.00. The fourth-order valence-electron chi connectivity index (χ4n) is 2.06. The van der Waals surface area contributed by atoms with E-state index < -0.39 is 22.8 Å². The van der Waals surface area contributed by atoms with Crippen LogP contribution in [0.5, 0.6) is 0 Å². The van der Waals surface area contributed by atoms with Crippen LogP contribution in [0.2, 0.25) is 0 Å². The molecule has 0 aliphatic carbocycles. The lowest BCUT2D eigenvalue weighted by Gasteiger charge is -2.21. The van der Waals surface area contributed by atoms with Crippen LogP contribution in [0, 0.1) is 11.7 Å². The molecule has 0 bridgehead atoms. The number of hydrogen-bond donors (Lipinski definition) is 0. The lowest BCUT2D eigenvalue weighted by atomic mass is 10.2. The maximum absolute atomic E-state index is 13.3. The highest BCUT2D eigenvalue weighted by Crippen LogP contribution is 2.35. The standard InChI is InChI=1S/C15H16FN3O3S2/c1-4-12-15(19(3)14(20)9(2)8-24(21)22)23-13(18-12)10-5-11(16)7-17-6-10/h4-7,9H,1,8H2,2-3H3,(H,21,22)/p-1. The Kier molecular flexibility index (Phi) is 5.92. The fourth-order valence-corrected chi connectivity index (χ4v) is 3.62. The summed E-state index contributed by atoms with van der Waals surface area (Å²) in [5.41, 5.74) is 0.953. The van der Waals surface area contributed by atoms with Gasteiger partial charge in [-0.3, -0.25) is 14.0 Å². The SMILES string of the molecule is C=Cc1nc(-c2cncc(F)c2)sc1N(C)C(=O)C(C)CS(=O)[O-]. The van der Waals surface area contributed by atoms with Gasteiger partial charge in [0.05, 0.1) is 11.9 Å². The minimum absolute atomic E-state index is 0.258. The van der Waals surface area contributed by atoms with E-state index in [1.54, 1.807) is 14.0 Å². The van der Waals surface area contributed by atoms with Crippen molar-refractivity contribution < 1.29 is 17.9 Å². The largest absolute Gasteiger partial charge is 0.772 e. The van der Waals surface area contributed by atoms with Crippen LogP contribution in [0.15, 0.2) is 25.0 Å². The molecule has 1 amide bonds. The number of nitrogens with zero attached hydrogens (tertiary/aromatic N) is 3. The molecule has 0 N–H and O–H groups in total. The van der Waals surface area contributed by atoms with E-state index in [0.717, 1.165) is 6.20 Å². The first-order valence-corrected chi connectivity index (χ1v) is 8.97. The number of pyridine rings is 1. The maximum atomic E-state index is 13.3. The van der Waals surface area contributed by atoms with Gasteiger partial charge in [0.15, 0.2) is 0 Å². The second-order valence-electron chi connectivity index (χ2n) is 5.07. The highest BCUT2D eigenvalue weighted by atomic mass is 32.2. The molecule has 6 nitrogen and oxygen atoms in total. The molecule has 128 valence electrons. The minimum atomic E-state index is -2.30. The van der Waals surface area contributed by atoms with Gasteiger partial charge in [0.1, 0.15) is 15.8 Å². The van der Waals surface area contributed by atoms with Gasteiger partial charge < -0.3 is 9.45 Å². The zero-order valence-electron chi connectivity index (χ0n) is 13.1. The van der Waals surface area contributed by atoms with E-state index in [-0.39, 0.29) is 11.7 Å². The molecule has 24 heavy (non-hydrogen) atoms. The van der Waals surface area contributed by atoms with E-state index in [1.165, 1.54) is 34.6 Å². The van der Waals surface area contributed by atoms with Crippen molar-refractivity contribution in [3.8, 4) is 10.6 Å². The molecule has 2 rings (SSSR count). The highest BCUT2D eigenvalue weighted by molar-refractivity contribution is 7.79. The van der Waals surface area contributed by atoms with Crippen molar-refractivity contribution in [3.05, 3.63) is 36.6 Å². The highest BCUT2D eigenvalue weighted by Gasteiger charge is 2.23. The van der Waals surface area contributed by atoms with Crippen molar-refractivity contribution in [1.29, 1.82) is 0 Å². The van der Waals surface area contributed by atoms with Gasteiger partial charge in [-0.1, -0.05) is 35.9 Å². The number of aromatic nitrogens is 2. The molecule has 0 saturated carbocycles. The van der Waals surface area contributed by atoms with Crippen molar-refractivity contribution in [1.82, 2.24) is 9.97 Å². The summed E-state index contributed by atoms with van der Waals surface area (Å²) in [7, 11) is 1.54. The van der Waals surface area contributed by atoms with Gasteiger partial charge in [-0.05, 0) is 12.1 Å². The number of halogens is 1. The third-order valence-corrected chi connectivity index (χ3v) is 5.19. The zero-order chi connectivity index (χ0) is 17.9. The fraction of sp³-hybridized carbons (Fsp3) is 0.267. The van der Waals surface area contributed by atoms with Crippen LogP contribution < -0.4 is 4.90 Å². The number of carbonyl (C=O) groups is 1. The topological polar surface area (TPSA) is 86.2 Å². The molecule has 2 heterocycles. The molecular formula is C15H15FN3O3S2-. The van der Waals surface area contributed by atoms with Crippen molar-refractivity contribution in [3.63, 3.8) is 0 Å². The monoisotopic (exact) mass is 368 g/mol. The van der Waals surface area contributed by atoms with E-state index >= 15 is 0 Å². The molecule has 2 atom stereocenters. The van der Waals surface area contributed by atoms with E-state index in [2.05, 4.69) is 16.5 Å². The molecule has 9 heteroatoms. The molecule has 0 fully saturated rings. The lowest BCUT2D eigenvalue weighted by Crippen LogP contribution is -2.33. The Bertz CT molecular complexity index is 794. The molecule has 0 spiro atoms. The van der Waals surface area contributed by atoms with Crippen molar-refractivity contribution in [2.45, 2.75) is 6.92 Å². The van der Waals surface area contributed by atoms with E-state index in [4.69, 9.17) is 0 Å². The predicted molar refractivity (Wildman–Crippen MR) is 91.8 cm³/mol.